The van der Waals surface area contributed by atoms with Crippen LogP contribution in [0.25, 0.3) is 0 Å². The molecule has 74 heavy (non-hydrogen) atoms. The first-order chi connectivity index (χ1) is 36.2. The van der Waals surface area contributed by atoms with Crippen LogP contribution in [0.15, 0.2) is 12.1 Å². The van der Waals surface area contributed by atoms with Crippen LogP contribution in [0.3, 0.4) is 0 Å². The maximum Gasteiger partial charge on any atom is 0.306 e. The van der Waals surface area contributed by atoms with Crippen LogP contribution in [-0.2, 0) is 47.6 Å². The Morgan fingerprint density at radius 1 is 0.338 bits per heavy atom. The number of carbonyl (C=O) groups excluding carboxylic acids is 4. The molecule has 1 aromatic rings. The number of carbonyl (C=O) groups is 4. The predicted molar refractivity (Wildman–Crippen MR) is 298 cm³/mol. The molecule has 2 unspecified atom stereocenters. The van der Waals surface area contributed by atoms with Crippen LogP contribution in [0.4, 0.5) is 0 Å². The maximum absolute atomic E-state index is 13.6. The summed E-state index contributed by atoms with van der Waals surface area (Å²) in [7, 11) is 0. The highest BCUT2D eigenvalue weighted by Gasteiger charge is 2.32. The lowest BCUT2D eigenvalue weighted by atomic mass is 9.95. The lowest BCUT2D eigenvalue weighted by molar-refractivity contribution is -0.157. The summed E-state index contributed by atoms with van der Waals surface area (Å²) in [5.74, 6) is -2.17. The van der Waals surface area contributed by atoms with E-state index in [1.54, 1.807) is 0 Å². The summed E-state index contributed by atoms with van der Waals surface area (Å²) in [6.45, 7) is 8.36. The molecule has 0 radical (unpaired) electrons. The molecule has 1 rings (SSSR count). The van der Waals surface area contributed by atoms with Crippen LogP contribution < -0.4 is 0 Å². The molecule has 0 saturated carbocycles. The van der Waals surface area contributed by atoms with Crippen molar-refractivity contribution in [3.63, 3.8) is 0 Å². The van der Waals surface area contributed by atoms with Crippen LogP contribution in [0.1, 0.15) is 308 Å². The second-order valence-electron chi connectivity index (χ2n) is 20.8. The highest BCUT2D eigenvalue weighted by molar-refractivity contribution is 5.71. The van der Waals surface area contributed by atoms with Crippen molar-refractivity contribution in [1.82, 2.24) is 0 Å². The molecule has 0 saturated heterocycles. The van der Waals surface area contributed by atoms with Crippen LogP contribution in [0.2, 0.25) is 0 Å². The summed E-state index contributed by atoms with van der Waals surface area (Å²) in [5.41, 5.74) is 0.0642. The number of rotatable bonds is 54. The summed E-state index contributed by atoms with van der Waals surface area (Å²) < 4.78 is 35.1. The van der Waals surface area contributed by atoms with Gasteiger partial charge in [-0.15, -0.1) is 0 Å². The van der Waals surface area contributed by atoms with Crippen molar-refractivity contribution in [2.75, 3.05) is 39.6 Å². The molecule has 0 bridgehead atoms. The molecule has 2 atom stereocenters. The van der Waals surface area contributed by atoms with E-state index in [0.29, 0.717) is 25.7 Å². The average Bonchev–Trinajstić information content (AvgIpc) is 3.38. The van der Waals surface area contributed by atoms with E-state index in [4.69, 9.17) is 28.4 Å². The van der Waals surface area contributed by atoms with Gasteiger partial charge in [0.2, 0.25) is 0 Å². The topological polar surface area (TPSA) is 164 Å². The highest BCUT2D eigenvalue weighted by Crippen LogP contribution is 2.41. The van der Waals surface area contributed by atoms with Crippen LogP contribution in [-0.4, -0.2) is 73.7 Å². The summed E-state index contributed by atoms with van der Waals surface area (Å²) in [6.07, 6.45) is 38.7. The molecule has 0 aliphatic carbocycles. The number of hydrogen-bond acceptors (Lipinski definition) is 12. The molecular weight excluding hydrogens is 937 g/mol. The van der Waals surface area contributed by atoms with E-state index in [1.165, 1.54) is 153 Å². The number of ether oxygens (including phenoxy) is 6. The first-order valence-corrected chi connectivity index (χ1v) is 30.6. The average molecular weight is 1050 g/mol. The molecule has 2 N–H and O–H groups in total. The molecule has 0 aliphatic heterocycles. The third-order valence-corrected chi connectivity index (χ3v) is 13.9. The van der Waals surface area contributed by atoms with Crippen LogP contribution >= 0.6 is 0 Å². The van der Waals surface area contributed by atoms with E-state index >= 15 is 0 Å². The minimum atomic E-state index is -1.22. The Morgan fingerprint density at radius 2 is 0.568 bits per heavy atom. The number of phenolic OH excluding ortho intramolecular Hbond substituents is 2. The van der Waals surface area contributed by atoms with Crippen molar-refractivity contribution in [2.45, 2.75) is 297 Å². The number of phenols is 2. The molecule has 12 heteroatoms. The Hall–Kier alpha value is -3.38. The summed E-state index contributed by atoms with van der Waals surface area (Å²) in [4.78, 5) is 52.3. The fraction of sp³-hybridized carbons (Fsp3) is 0.839. The fourth-order valence-electron chi connectivity index (χ4n) is 9.35. The first-order valence-electron chi connectivity index (χ1n) is 30.6. The molecular formula is C62H110O12. The Balaban J connectivity index is 3.12. The van der Waals surface area contributed by atoms with Gasteiger partial charge in [-0.3, -0.25) is 19.2 Å². The van der Waals surface area contributed by atoms with Gasteiger partial charge in [-0.2, -0.15) is 0 Å². The molecule has 12 nitrogen and oxygen atoms in total. The molecule has 1 aromatic carbocycles. The van der Waals surface area contributed by atoms with E-state index in [-0.39, 0.29) is 87.0 Å². The summed E-state index contributed by atoms with van der Waals surface area (Å²) in [5, 5.41) is 23.1. The first kappa shape index (κ1) is 68.6. The zero-order chi connectivity index (χ0) is 54.0. The molecule has 0 fully saturated rings. The monoisotopic (exact) mass is 1050 g/mol. The van der Waals surface area contributed by atoms with Gasteiger partial charge in [0.25, 0.3) is 0 Å². The number of unbranched alkanes of at least 4 members (excludes halogenated alkanes) is 32. The second kappa shape index (κ2) is 50.4. The van der Waals surface area contributed by atoms with E-state index in [9.17, 15) is 29.4 Å². The molecule has 0 aromatic heterocycles. The lowest BCUT2D eigenvalue weighted by Gasteiger charge is -2.27. The smallest absolute Gasteiger partial charge is 0.306 e. The number of benzene rings is 1. The zero-order valence-corrected chi connectivity index (χ0v) is 47.8. The molecule has 0 heterocycles. The van der Waals surface area contributed by atoms with Gasteiger partial charge in [0, 0.05) is 36.8 Å². The molecule has 0 aliphatic rings. The van der Waals surface area contributed by atoms with Crippen molar-refractivity contribution in [3.8, 4) is 11.5 Å². The van der Waals surface area contributed by atoms with Crippen molar-refractivity contribution in [2.24, 2.45) is 0 Å². The Kier molecular flexibility index (Phi) is 46.8. The van der Waals surface area contributed by atoms with Gasteiger partial charge >= 0.3 is 23.9 Å². The third kappa shape index (κ3) is 39.1. The van der Waals surface area contributed by atoms with Gasteiger partial charge in [0.1, 0.15) is 24.7 Å². The largest absolute Gasteiger partial charge is 0.508 e. The standard InChI is InChI=1S/C62H110O12/c1-5-9-13-17-21-25-29-33-37-41-57(65)71-49-47-69-51-55(73-59(67)43-39-35-31-27-23-19-15-11-7-3)61-53(63)45-46-54(64)62(61)56(74-60(68)44-40-36-32-28-24-20-16-12-8-4)52-70-48-50-72-58(66)42-38-34-30-26-22-18-14-10-6-2/h45-46,55-56,63-64H,5-44,47-52H2,1-4H3. The predicted octanol–water partition coefficient (Wildman–Crippen LogP) is 17.1. The van der Waals surface area contributed by atoms with Crippen LogP contribution in [0, 0.1) is 0 Å². The SMILES string of the molecule is CCCCCCCCCCCC(=O)OCCOCC(OC(=O)CCCCCCCCCCC)c1c(O)ccc(O)c1C(COCCOC(=O)CCCCCCCCCCC)OC(=O)CCCCCCCCCCC. The normalized spacial score (nSPS) is 12.2. The van der Waals surface area contributed by atoms with E-state index in [0.717, 1.165) is 77.0 Å². The number of hydrogen-bond donors (Lipinski definition) is 2. The third-order valence-electron chi connectivity index (χ3n) is 13.9. The van der Waals surface area contributed by atoms with Crippen LogP contribution in [0.5, 0.6) is 11.5 Å². The summed E-state index contributed by atoms with van der Waals surface area (Å²) in [6, 6.07) is 2.61. The minimum absolute atomic E-state index is 0.00281. The van der Waals surface area contributed by atoms with Crippen molar-refractivity contribution in [3.05, 3.63) is 23.3 Å². The molecule has 0 spiro atoms. The van der Waals surface area contributed by atoms with Gasteiger partial charge in [-0.25, -0.2) is 0 Å². The molecule has 430 valence electrons. The highest BCUT2D eigenvalue weighted by atomic mass is 16.6. The van der Waals surface area contributed by atoms with Gasteiger partial charge in [-0.05, 0) is 37.8 Å². The zero-order valence-electron chi connectivity index (χ0n) is 47.8. The van der Waals surface area contributed by atoms with E-state index in [2.05, 4.69) is 27.7 Å². The van der Waals surface area contributed by atoms with Gasteiger partial charge in [-0.1, -0.05) is 233 Å². The van der Waals surface area contributed by atoms with Crippen molar-refractivity contribution < 1.29 is 57.8 Å². The van der Waals surface area contributed by atoms with Crippen molar-refractivity contribution in [1.29, 1.82) is 0 Å². The quantitative estimate of drug-likeness (QED) is 0.0275. The van der Waals surface area contributed by atoms with E-state index < -0.39 is 24.1 Å². The number of aromatic hydroxyl groups is 2. The van der Waals surface area contributed by atoms with Gasteiger partial charge in [0.05, 0.1) is 26.4 Å². The summed E-state index contributed by atoms with van der Waals surface area (Å²) >= 11 is 0. The Morgan fingerprint density at radius 3 is 0.824 bits per heavy atom. The van der Waals surface area contributed by atoms with E-state index in [1.807, 2.05) is 0 Å². The second-order valence-corrected chi connectivity index (χ2v) is 20.8. The van der Waals surface area contributed by atoms with Gasteiger partial charge in [0.15, 0.2) is 12.2 Å². The van der Waals surface area contributed by atoms with Crippen molar-refractivity contribution >= 4 is 23.9 Å². The minimum Gasteiger partial charge on any atom is -0.508 e. The Labute approximate surface area is 451 Å². The maximum atomic E-state index is 13.6. The lowest BCUT2D eigenvalue weighted by Crippen LogP contribution is -2.24. The Bertz CT molecular complexity index is 1390. The fourth-order valence-corrected chi connectivity index (χ4v) is 9.35. The van der Waals surface area contributed by atoms with Gasteiger partial charge < -0.3 is 38.6 Å². The molecule has 0 amide bonds. The number of esters is 4.